The van der Waals surface area contributed by atoms with Crippen molar-refractivity contribution in [2.24, 2.45) is 0 Å². The molecule has 9 aromatic carbocycles. The van der Waals surface area contributed by atoms with Gasteiger partial charge in [0.2, 0.25) is 0 Å². The summed E-state index contributed by atoms with van der Waals surface area (Å²) in [5.74, 6) is 0.463. The van der Waals surface area contributed by atoms with Crippen LogP contribution in [0.4, 0.5) is 17.1 Å². The molecule has 13 rings (SSSR count). The smallest absolute Gasteiger partial charge is 0.0540 e. The molecule has 0 N–H and O–H groups in total. The second-order valence-electron chi connectivity index (χ2n) is 16.2. The van der Waals surface area contributed by atoms with Crippen molar-refractivity contribution in [1.82, 2.24) is 0 Å². The molecule has 0 aromatic heterocycles. The molecule has 1 nitrogen and oxygen atoms in total. The van der Waals surface area contributed by atoms with Crippen LogP contribution in [0.15, 0.2) is 170 Å². The van der Waals surface area contributed by atoms with Crippen LogP contribution in [0.3, 0.4) is 0 Å². The number of para-hydroxylation sites is 2. The van der Waals surface area contributed by atoms with E-state index >= 15 is 0 Å². The van der Waals surface area contributed by atoms with Gasteiger partial charge in [0.15, 0.2) is 0 Å². The summed E-state index contributed by atoms with van der Waals surface area (Å²) >= 11 is 0. The van der Waals surface area contributed by atoms with Gasteiger partial charge < -0.3 is 4.90 Å². The van der Waals surface area contributed by atoms with Gasteiger partial charge in [-0.1, -0.05) is 140 Å². The largest absolute Gasteiger partial charge is 0.309 e. The van der Waals surface area contributed by atoms with Crippen LogP contribution >= 0.6 is 0 Å². The average Bonchev–Trinajstić information content (AvgIpc) is 3.76. The number of anilines is 3. The van der Waals surface area contributed by atoms with Crippen LogP contribution in [0, 0.1) is 0 Å². The Morgan fingerprint density at radius 2 is 1.00 bits per heavy atom. The van der Waals surface area contributed by atoms with E-state index in [-0.39, 0.29) is 0 Å². The molecule has 4 aliphatic rings. The highest BCUT2D eigenvalue weighted by atomic mass is 15.2. The standard InChI is InChI=1S/C55H37N/c1-3-14-34(15-4-1)51-45-31-43-38-22-11-20-33-21-12-23-39(50(33)38)44(43)32-46(45)52(35-16-5-2-6-17-35)55-42-28-29-49(40-24-13-25-41(53(40)42)54(51)55)56-47-26-9-7-18-36(47)30-37-19-8-10-27-48(37)56/h1-10,12-19,21,23-29,31-32,38H,11,20,22,30H2. The second kappa shape index (κ2) is 11.4. The first kappa shape index (κ1) is 30.6. The third-order valence-corrected chi connectivity index (χ3v) is 13.4. The molecule has 3 aliphatic carbocycles. The molecule has 0 bridgehead atoms. The van der Waals surface area contributed by atoms with Crippen LogP contribution in [0.1, 0.15) is 46.6 Å². The fourth-order valence-electron chi connectivity index (χ4n) is 11.2. The summed E-state index contributed by atoms with van der Waals surface area (Å²) in [6.07, 6.45) is 4.59. The van der Waals surface area contributed by atoms with E-state index in [2.05, 4.69) is 175 Å². The maximum Gasteiger partial charge on any atom is 0.0540 e. The number of hydrogen-bond donors (Lipinski definition) is 0. The van der Waals surface area contributed by atoms with Gasteiger partial charge in [-0.05, 0) is 149 Å². The lowest BCUT2D eigenvalue weighted by Gasteiger charge is -2.34. The molecular formula is C55H37N. The highest BCUT2D eigenvalue weighted by Crippen LogP contribution is 2.61. The topological polar surface area (TPSA) is 3.24 Å². The highest BCUT2D eigenvalue weighted by Gasteiger charge is 2.37. The van der Waals surface area contributed by atoms with Crippen molar-refractivity contribution in [2.45, 2.75) is 31.6 Å². The van der Waals surface area contributed by atoms with Crippen molar-refractivity contribution in [3.05, 3.63) is 198 Å². The normalized spacial score (nSPS) is 15.4. The fourth-order valence-corrected chi connectivity index (χ4v) is 11.2. The number of fused-ring (bicyclic) bond motifs is 9. The van der Waals surface area contributed by atoms with Crippen molar-refractivity contribution >= 4 is 38.6 Å². The first-order chi connectivity index (χ1) is 27.8. The molecule has 1 aliphatic heterocycles. The predicted molar refractivity (Wildman–Crippen MR) is 234 cm³/mol. The lowest BCUT2D eigenvalue weighted by Crippen LogP contribution is -2.18. The zero-order valence-corrected chi connectivity index (χ0v) is 31.0. The van der Waals surface area contributed by atoms with Gasteiger partial charge in [-0.15, -0.1) is 0 Å². The van der Waals surface area contributed by atoms with Crippen molar-refractivity contribution in [3.8, 4) is 55.6 Å². The van der Waals surface area contributed by atoms with Crippen LogP contribution in [0.2, 0.25) is 0 Å². The molecule has 262 valence electrons. The summed E-state index contributed by atoms with van der Waals surface area (Å²) in [5.41, 5.74) is 24.6. The Kier molecular flexibility index (Phi) is 6.24. The fraction of sp³-hybridized carbons (Fsp3) is 0.0909. The highest BCUT2D eigenvalue weighted by molar-refractivity contribution is 6.29. The summed E-state index contributed by atoms with van der Waals surface area (Å²) < 4.78 is 0. The van der Waals surface area contributed by atoms with Crippen molar-refractivity contribution in [1.29, 1.82) is 0 Å². The molecule has 0 fully saturated rings. The van der Waals surface area contributed by atoms with E-state index in [9.17, 15) is 0 Å². The molecule has 1 heterocycles. The number of hydrogen-bond acceptors (Lipinski definition) is 1. The first-order valence-electron chi connectivity index (χ1n) is 20.2. The Hall–Kier alpha value is -6.70. The van der Waals surface area contributed by atoms with Gasteiger partial charge in [-0.25, -0.2) is 0 Å². The first-order valence-corrected chi connectivity index (χ1v) is 20.2. The molecule has 1 atom stereocenters. The molecule has 1 heteroatoms. The zero-order valence-electron chi connectivity index (χ0n) is 31.0. The van der Waals surface area contributed by atoms with Gasteiger partial charge in [-0.3, -0.25) is 0 Å². The van der Waals surface area contributed by atoms with Gasteiger partial charge in [0.1, 0.15) is 0 Å². The number of aryl methyl sites for hydroxylation is 1. The maximum absolute atomic E-state index is 2.62. The van der Waals surface area contributed by atoms with E-state index in [1.807, 2.05) is 0 Å². The summed E-state index contributed by atoms with van der Waals surface area (Å²) in [6.45, 7) is 0. The van der Waals surface area contributed by atoms with E-state index in [1.54, 1.807) is 11.1 Å². The number of rotatable bonds is 3. The van der Waals surface area contributed by atoms with E-state index in [0.29, 0.717) is 5.92 Å². The average molecular weight is 712 g/mol. The second-order valence-corrected chi connectivity index (χ2v) is 16.2. The molecule has 0 radical (unpaired) electrons. The molecule has 0 saturated carbocycles. The molecular weight excluding hydrogens is 675 g/mol. The van der Waals surface area contributed by atoms with E-state index in [0.717, 1.165) is 6.42 Å². The van der Waals surface area contributed by atoms with E-state index in [4.69, 9.17) is 0 Å². The van der Waals surface area contributed by atoms with Crippen LogP contribution in [0.5, 0.6) is 0 Å². The Morgan fingerprint density at radius 1 is 0.411 bits per heavy atom. The predicted octanol–water partition coefficient (Wildman–Crippen LogP) is 14.8. The van der Waals surface area contributed by atoms with Gasteiger partial charge in [-0.2, -0.15) is 0 Å². The quantitative estimate of drug-likeness (QED) is 0.176. The van der Waals surface area contributed by atoms with Gasteiger partial charge in [0.25, 0.3) is 0 Å². The summed E-state index contributed by atoms with van der Waals surface area (Å²) in [7, 11) is 0. The van der Waals surface area contributed by atoms with Crippen molar-refractivity contribution in [2.75, 3.05) is 4.90 Å². The maximum atomic E-state index is 2.62. The van der Waals surface area contributed by atoms with Gasteiger partial charge in [0, 0.05) is 29.1 Å². The molecule has 56 heavy (non-hydrogen) atoms. The monoisotopic (exact) mass is 711 g/mol. The summed E-state index contributed by atoms with van der Waals surface area (Å²) in [6, 6.07) is 64.5. The van der Waals surface area contributed by atoms with Crippen LogP contribution in [0.25, 0.3) is 77.2 Å². The Balaban J connectivity index is 1.17. The zero-order chi connectivity index (χ0) is 36.5. The van der Waals surface area contributed by atoms with Crippen molar-refractivity contribution < 1.29 is 0 Å². The van der Waals surface area contributed by atoms with Crippen molar-refractivity contribution in [3.63, 3.8) is 0 Å². The van der Waals surface area contributed by atoms with Crippen LogP contribution in [-0.2, 0) is 12.8 Å². The lowest BCUT2D eigenvalue weighted by atomic mass is 9.79. The third kappa shape index (κ3) is 4.05. The lowest BCUT2D eigenvalue weighted by molar-refractivity contribution is 0.627. The Bertz CT molecular complexity index is 3090. The Labute approximate surface area is 327 Å². The minimum Gasteiger partial charge on any atom is -0.309 e. The molecule has 9 aromatic rings. The summed E-state index contributed by atoms with van der Waals surface area (Å²) in [5, 5.41) is 5.33. The third-order valence-electron chi connectivity index (χ3n) is 13.4. The van der Waals surface area contributed by atoms with Gasteiger partial charge >= 0.3 is 0 Å². The summed E-state index contributed by atoms with van der Waals surface area (Å²) in [4.78, 5) is 2.52. The van der Waals surface area contributed by atoms with Crippen LogP contribution in [-0.4, -0.2) is 0 Å². The molecule has 0 amide bonds. The molecule has 0 saturated heterocycles. The molecule has 1 unspecified atom stereocenters. The van der Waals surface area contributed by atoms with Gasteiger partial charge in [0.05, 0.1) is 5.69 Å². The minimum atomic E-state index is 0.463. The van der Waals surface area contributed by atoms with E-state index < -0.39 is 0 Å². The minimum absolute atomic E-state index is 0.463. The van der Waals surface area contributed by atoms with E-state index in [1.165, 1.54) is 130 Å². The Morgan fingerprint density at radius 3 is 1.71 bits per heavy atom. The molecule has 0 spiro atoms. The van der Waals surface area contributed by atoms with Crippen LogP contribution < -0.4 is 4.90 Å². The number of nitrogens with zero attached hydrogens (tertiary/aromatic N) is 1. The number of benzene rings is 9. The SMILES string of the molecule is c1ccc(-c2c3c(c(-c4ccccc4)c4cc5c(cc24)-c2cccc4c2C5CCC4)-c2cccc4c(N5c6ccccc6Cc6ccccc65)ccc-3c24)cc1.